The van der Waals surface area contributed by atoms with Gasteiger partial charge in [0, 0.05) is 24.7 Å². The van der Waals surface area contributed by atoms with E-state index in [0.29, 0.717) is 6.61 Å². The summed E-state index contributed by atoms with van der Waals surface area (Å²) in [6.45, 7) is 3.53. The molecule has 3 heteroatoms. The van der Waals surface area contributed by atoms with Gasteiger partial charge in [0.25, 0.3) is 0 Å². The van der Waals surface area contributed by atoms with E-state index in [-0.39, 0.29) is 17.0 Å². The number of halogens is 1. The molecule has 1 aromatic heterocycles. The highest BCUT2D eigenvalue weighted by Gasteiger charge is 1.99. The van der Waals surface area contributed by atoms with E-state index in [0.717, 1.165) is 19.4 Å². The molecule has 0 unspecified atom stereocenters. The molecule has 0 radical (unpaired) electrons. The highest BCUT2D eigenvalue weighted by atomic mass is 79.9. The lowest BCUT2D eigenvalue weighted by Gasteiger charge is -1.98. The van der Waals surface area contributed by atoms with Crippen LogP contribution in [0.1, 0.15) is 31.2 Å². The Labute approximate surface area is 103 Å². The fourth-order valence-electron chi connectivity index (χ4n) is 1.55. The van der Waals surface area contributed by atoms with Gasteiger partial charge in [-0.3, -0.25) is 0 Å². The first-order valence-corrected chi connectivity index (χ1v) is 5.39. The molecule has 1 N–H and O–H groups in total. The number of aromatic nitrogens is 1. The van der Waals surface area contributed by atoms with E-state index in [1.807, 2.05) is 0 Å². The zero-order valence-electron chi connectivity index (χ0n) is 9.32. The van der Waals surface area contributed by atoms with Crippen LogP contribution < -0.4 is 21.5 Å². The number of nitrogens with zero attached hydrogens (tertiary/aromatic N) is 1. The molecule has 1 heterocycles. The maximum atomic E-state index is 8.61. The number of aryl methyl sites for hydroxylation is 2. The first-order valence-electron chi connectivity index (χ1n) is 5.39. The minimum Gasteiger partial charge on any atom is -1.00 e. The standard InChI is InChI=1S/C12H20NO.BrH/c1-12-7-6-9-13(11-12)8-4-2-3-5-10-14;/h6-7,9,11,14H,2-5,8,10H2,1H3;1H/q+1;/p-1. The van der Waals surface area contributed by atoms with Crippen molar-refractivity contribution < 1.29 is 26.7 Å². The van der Waals surface area contributed by atoms with Gasteiger partial charge in [0.2, 0.25) is 0 Å². The monoisotopic (exact) mass is 273 g/mol. The van der Waals surface area contributed by atoms with Gasteiger partial charge in [-0.05, 0) is 25.8 Å². The average molecular weight is 274 g/mol. The van der Waals surface area contributed by atoms with Crippen molar-refractivity contribution >= 4 is 0 Å². The zero-order valence-corrected chi connectivity index (χ0v) is 10.9. The number of unbranched alkanes of at least 4 members (excludes halogenated alkanes) is 3. The van der Waals surface area contributed by atoms with Crippen LogP contribution in [0.2, 0.25) is 0 Å². The fourth-order valence-corrected chi connectivity index (χ4v) is 1.55. The smallest absolute Gasteiger partial charge is 0.171 e. The van der Waals surface area contributed by atoms with Crippen molar-refractivity contribution in [1.82, 2.24) is 0 Å². The molecule has 1 aromatic rings. The summed E-state index contributed by atoms with van der Waals surface area (Å²) in [7, 11) is 0. The Hall–Kier alpha value is -0.410. The van der Waals surface area contributed by atoms with Crippen molar-refractivity contribution in [2.45, 2.75) is 39.2 Å². The summed E-state index contributed by atoms with van der Waals surface area (Å²) in [5.41, 5.74) is 1.31. The fraction of sp³-hybridized carbons (Fsp3) is 0.583. The van der Waals surface area contributed by atoms with Crippen LogP contribution in [0.15, 0.2) is 24.5 Å². The van der Waals surface area contributed by atoms with Crippen LogP contribution >= 0.6 is 0 Å². The first-order chi connectivity index (χ1) is 6.83. The Morgan fingerprint density at radius 3 is 2.60 bits per heavy atom. The van der Waals surface area contributed by atoms with Crippen molar-refractivity contribution in [3.8, 4) is 0 Å². The van der Waals surface area contributed by atoms with Crippen LogP contribution in [0.3, 0.4) is 0 Å². The maximum Gasteiger partial charge on any atom is 0.171 e. The number of pyridine rings is 1. The summed E-state index contributed by atoms with van der Waals surface area (Å²) >= 11 is 0. The lowest BCUT2D eigenvalue weighted by molar-refractivity contribution is -0.697. The van der Waals surface area contributed by atoms with Crippen molar-refractivity contribution in [2.24, 2.45) is 0 Å². The summed E-state index contributed by atoms with van der Waals surface area (Å²) in [5.74, 6) is 0. The molecule has 0 amide bonds. The molecule has 0 atom stereocenters. The van der Waals surface area contributed by atoms with E-state index in [1.54, 1.807) is 0 Å². The third kappa shape index (κ3) is 6.63. The van der Waals surface area contributed by atoms with E-state index in [9.17, 15) is 0 Å². The van der Waals surface area contributed by atoms with Crippen LogP contribution in [0.4, 0.5) is 0 Å². The Kier molecular flexibility index (Phi) is 8.62. The van der Waals surface area contributed by atoms with Crippen molar-refractivity contribution in [2.75, 3.05) is 6.61 Å². The summed E-state index contributed by atoms with van der Waals surface area (Å²) in [5, 5.41) is 8.61. The van der Waals surface area contributed by atoms with Gasteiger partial charge in [-0.15, -0.1) is 0 Å². The number of rotatable bonds is 6. The molecule has 0 aliphatic carbocycles. The van der Waals surface area contributed by atoms with Gasteiger partial charge < -0.3 is 22.1 Å². The second kappa shape index (κ2) is 8.86. The summed E-state index contributed by atoms with van der Waals surface area (Å²) in [6, 6.07) is 4.20. The Morgan fingerprint density at radius 2 is 1.93 bits per heavy atom. The van der Waals surface area contributed by atoms with Crippen molar-refractivity contribution in [1.29, 1.82) is 0 Å². The summed E-state index contributed by atoms with van der Waals surface area (Å²) in [6.07, 6.45) is 8.78. The van der Waals surface area contributed by atoms with E-state index < -0.39 is 0 Å². The molecule has 0 bridgehead atoms. The van der Waals surface area contributed by atoms with E-state index in [1.165, 1.54) is 18.4 Å². The van der Waals surface area contributed by atoms with Gasteiger partial charge in [-0.25, -0.2) is 4.57 Å². The molecule has 1 rings (SSSR count). The predicted molar refractivity (Wildman–Crippen MR) is 56.9 cm³/mol. The number of aliphatic hydroxyl groups is 1. The maximum absolute atomic E-state index is 8.61. The second-order valence-electron chi connectivity index (χ2n) is 3.76. The molecule has 0 saturated carbocycles. The number of hydrogen-bond donors (Lipinski definition) is 1. The molecular formula is C12H20BrNO. The van der Waals surface area contributed by atoms with Gasteiger partial charge in [-0.1, -0.05) is 6.42 Å². The van der Waals surface area contributed by atoms with Gasteiger partial charge in [0.15, 0.2) is 12.4 Å². The summed E-state index contributed by atoms with van der Waals surface area (Å²) < 4.78 is 2.23. The van der Waals surface area contributed by atoms with Crippen LogP contribution in [-0.2, 0) is 6.54 Å². The minimum atomic E-state index is 0. The molecule has 2 nitrogen and oxygen atoms in total. The van der Waals surface area contributed by atoms with Crippen LogP contribution in [0.5, 0.6) is 0 Å². The normalized spacial score (nSPS) is 9.73. The van der Waals surface area contributed by atoms with E-state index >= 15 is 0 Å². The first kappa shape index (κ1) is 14.6. The highest BCUT2D eigenvalue weighted by molar-refractivity contribution is 5.01. The van der Waals surface area contributed by atoms with Crippen LogP contribution in [-0.4, -0.2) is 11.7 Å². The predicted octanol–water partition coefficient (Wildman–Crippen LogP) is -1.16. The minimum absolute atomic E-state index is 0. The SMILES string of the molecule is Cc1ccc[n+](CCCCCCO)c1.[Br-]. The quantitative estimate of drug-likeness (QED) is 0.513. The average Bonchev–Trinajstić information content (AvgIpc) is 2.18. The van der Waals surface area contributed by atoms with Crippen LogP contribution in [0.25, 0.3) is 0 Å². The highest BCUT2D eigenvalue weighted by Crippen LogP contribution is 1.99. The van der Waals surface area contributed by atoms with Gasteiger partial charge in [0.05, 0.1) is 0 Å². The van der Waals surface area contributed by atoms with Crippen LogP contribution in [0, 0.1) is 6.92 Å². The van der Waals surface area contributed by atoms with Gasteiger partial charge >= 0.3 is 0 Å². The molecule has 0 aliphatic rings. The molecular weight excluding hydrogens is 254 g/mol. The van der Waals surface area contributed by atoms with Crippen molar-refractivity contribution in [3.63, 3.8) is 0 Å². The largest absolute Gasteiger partial charge is 1.00 e. The molecule has 0 spiro atoms. The van der Waals surface area contributed by atoms with Gasteiger partial charge in [0.1, 0.15) is 6.54 Å². The third-order valence-electron chi connectivity index (χ3n) is 2.33. The third-order valence-corrected chi connectivity index (χ3v) is 2.33. The molecule has 0 aromatic carbocycles. The Morgan fingerprint density at radius 1 is 1.20 bits per heavy atom. The number of hydrogen-bond acceptors (Lipinski definition) is 1. The summed E-state index contributed by atoms with van der Waals surface area (Å²) in [4.78, 5) is 0. The lowest BCUT2D eigenvalue weighted by atomic mass is 10.2. The van der Waals surface area contributed by atoms with E-state index in [2.05, 4.69) is 36.0 Å². The topological polar surface area (TPSA) is 24.1 Å². The van der Waals surface area contributed by atoms with E-state index in [4.69, 9.17) is 5.11 Å². The zero-order chi connectivity index (χ0) is 10.2. The molecule has 0 fully saturated rings. The number of aliphatic hydroxyl groups excluding tert-OH is 1. The second-order valence-corrected chi connectivity index (χ2v) is 3.76. The molecule has 0 saturated heterocycles. The lowest BCUT2D eigenvalue weighted by Crippen LogP contribution is -3.00. The Balaban J connectivity index is 0.00000196. The molecule has 15 heavy (non-hydrogen) atoms. The molecule has 0 aliphatic heterocycles. The molecule has 86 valence electrons. The van der Waals surface area contributed by atoms with Crippen molar-refractivity contribution in [3.05, 3.63) is 30.1 Å². The Bertz CT molecular complexity index is 266. The van der Waals surface area contributed by atoms with Gasteiger partial charge in [-0.2, -0.15) is 0 Å².